The van der Waals surface area contributed by atoms with E-state index in [-0.39, 0.29) is 30.9 Å². The van der Waals surface area contributed by atoms with Crippen LogP contribution in [-0.2, 0) is 50.5 Å². The Morgan fingerprint density at radius 3 is 2.15 bits per heavy atom. The molecule has 1 N–H and O–H groups in total. The number of aryl methyl sites for hydroxylation is 1. The lowest BCUT2D eigenvalue weighted by Gasteiger charge is -2.46. The van der Waals surface area contributed by atoms with E-state index in [9.17, 15) is 19.5 Å². The first-order chi connectivity index (χ1) is 22.3. The van der Waals surface area contributed by atoms with Crippen molar-refractivity contribution in [1.82, 2.24) is 9.47 Å². The molecule has 3 heterocycles. The number of rotatable bonds is 11. The third-order valence-corrected chi connectivity index (χ3v) is 8.09. The number of fused-ring (bicyclic) bond motifs is 1. The minimum Gasteiger partial charge on any atom is -0.457 e. The van der Waals surface area contributed by atoms with Gasteiger partial charge in [-0.1, -0.05) is 66.7 Å². The van der Waals surface area contributed by atoms with Gasteiger partial charge in [0.25, 0.3) is 11.8 Å². The van der Waals surface area contributed by atoms with E-state index in [1.165, 1.54) is 6.92 Å². The second-order valence-corrected chi connectivity index (χ2v) is 11.5. The maximum Gasteiger partial charge on any atom is 0.303 e. The zero-order valence-electron chi connectivity index (χ0n) is 25.6. The molecule has 46 heavy (non-hydrogen) atoms. The number of hydrogen-bond donors (Lipinski definition) is 1. The summed E-state index contributed by atoms with van der Waals surface area (Å²) in [4.78, 5) is 40.5. The zero-order chi connectivity index (χ0) is 32.2. The number of hydrogen-bond acceptors (Lipinski definition) is 8. The monoisotopic (exact) mass is 626 g/mol. The van der Waals surface area contributed by atoms with E-state index < -0.39 is 48.4 Å². The maximum atomic E-state index is 13.6. The van der Waals surface area contributed by atoms with E-state index in [4.69, 9.17) is 18.9 Å². The first kappa shape index (κ1) is 31.3. The second kappa shape index (κ2) is 13.8. The predicted octanol–water partition coefficient (Wildman–Crippen LogP) is 2.78. The van der Waals surface area contributed by atoms with Gasteiger partial charge in [-0.15, -0.1) is 0 Å². The largest absolute Gasteiger partial charge is 0.457 e. The molecule has 0 spiro atoms. The molecule has 0 saturated carbocycles. The van der Waals surface area contributed by atoms with Crippen LogP contribution in [-0.4, -0.2) is 69.6 Å². The summed E-state index contributed by atoms with van der Waals surface area (Å²) < 4.78 is 28.1. The second-order valence-electron chi connectivity index (χ2n) is 11.5. The summed E-state index contributed by atoms with van der Waals surface area (Å²) >= 11 is 0. The Bertz CT molecular complexity index is 1650. The minimum absolute atomic E-state index is 0.0591. The smallest absolute Gasteiger partial charge is 0.303 e. The Balaban J connectivity index is 1.25. The van der Waals surface area contributed by atoms with Crippen LogP contribution in [0.15, 0.2) is 97.6 Å². The molecule has 11 heteroatoms. The summed E-state index contributed by atoms with van der Waals surface area (Å²) in [6.07, 6.45) is 0.944. The highest BCUT2D eigenvalue weighted by Gasteiger charge is 2.55. The first-order valence-corrected chi connectivity index (χ1v) is 15.1. The first-order valence-electron chi connectivity index (χ1n) is 15.1. The molecule has 0 unspecified atom stereocenters. The fourth-order valence-corrected chi connectivity index (χ4v) is 5.85. The van der Waals surface area contributed by atoms with E-state index in [1.807, 2.05) is 84.9 Å². The number of nitrogens with zero attached hydrogens (tertiary/aromatic N) is 3. The number of carbonyl (C=O) groups excluding carboxylic acids is 3. The Morgan fingerprint density at radius 1 is 0.891 bits per heavy atom. The van der Waals surface area contributed by atoms with Gasteiger partial charge < -0.3 is 24.1 Å². The van der Waals surface area contributed by atoms with E-state index >= 15 is 0 Å². The zero-order valence-corrected chi connectivity index (χ0v) is 25.6. The predicted molar refractivity (Wildman–Crippen MR) is 163 cm³/mol. The number of aliphatic hydroxyl groups excluding tert-OH is 1. The van der Waals surface area contributed by atoms with Gasteiger partial charge in [-0.05, 0) is 28.8 Å². The molecule has 2 aliphatic heterocycles. The molecule has 1 saturated heterocycles. The highest BCUT2D eigenvalue weighted by atomic mass is 16.7. The molecule has 5 atom stereocenters. The molecule has 3 aromatic carbocycles. The Hall–Kier alpha value is -4.68. The molecule has 2 aliphatic rings. The molecule has 0 radical (unpaired) electrons. The number of ether oxygens (including phenoxy) is 4. The van der Waals surface area contributed by atoms with Crippen LogP contribution in [0.5, 0.6) is 0 Å². The Labute approximate surface area is 266 Å². The molecule has 1 aromatic heterocycles. The SMILES string of the molecule is CC(=O)O[C@H]1[C@H](O)[C@@H](COCc2ccccc2)O[C@@H](OCc2ccc(Cn3cc[n+](C)c3)cc2)[C@@H]1N1C(=O)c2ccccc2C1=O. The molecule has 1 fully saturated rings. The van der Waals surface area contributed by atoms with Crippen molar-refractivity contribution in [3.05, 3.63) is 125 Å². The summed E-state index contributed by atoms with van der Waals surface area (Å²) in [7, 11) is 1.96. The van der Waals surface area contributed by atoms with Gasteiger partial charge in [0.15, 0.2) is 12.4 Å². The maximum absolute atomic E-state index is 13.6. The van der Waals surface area contributed by atoms with Crippen LogP contribution < -0.4 is 4.57 Å². The van der Waals surface area contributed by atoms with Gasteiger partial charge in [-0.3, -0.25) is 19.3 Å². The quantitative estimate of drug-likeness (QED) is 0.153. The molecular formula is C35H36N3O8+. The number of imidazole rings is 1. The van der Waals surface area contributed by atoms with Crippen LogP contribution in [0, 0.1) is 0 Å². The lowest BCUT2D eigenvalue weighted by atomic mass is 9.95. The standard InChI is InChI=1S/C35H36N3O8/c1-23(39)45-32-30(38-33(41)27-10-6-7-11-28(27)34(38)42)35(46-29(31(32)40)21-43-19-25-8-4-3-5-9-25)44-20-26-14-12-24(13-15-26)18-37-17-16-36(2)22-37/h3-17,22,29-32,35,40H,18-21H2,1-2H3/q+1/t29-,30-,31-,32-,35-/m1/s1. The van der Waals surface area contributed by atoms with Crippen LogP contribution in [0.3, 0.4) is 0 Å². The van der Waals surface area contributed by atoms with E-state index in [0.717, 1.165) is 21.6 Å². The topological polar surface area (TPSA) is 120 Å². The number of aromatic nitrogens is 2. The van der Waals surface area contributed by atoms with Gasteiger partial charge in [0.2, 0.25) is 6.33 Å². The third kappa shape index (κ3) is 6.77. The van der Waals surface area contributed by atoms with Crippen LogP contribution in [0.2, 0.25) is 0 Å². The van der Waals surface area contributed by atoms with Crippen LogP contribution in [0.4, 0.5) is 0 Å². The van der Waals surface area contributed by atoms with Gasteiger partial charge in [-0.25, -0.2) is 9.13 Å². The van der Waals surface area contributed by atoms with Gasteiger partial charge in [0.05, 0.1) is 38.0 Å². The highest BCUT2D eigenvalue weighted by Crippen LogP contribution is 2.34. The van der Waals surface area contributed by atoms with Crippen molar-refractivity contribution in [1.29, 1.82) is 0 Å². The van der Waals surface area contributed by atoms with Crippen LogP contribution in [0.1, 0.15) is 44.3 Å². The molecule has 2 amide bonds. The van der Waals surface area contributed by atoms with Crippen molar-refractivity contribution >= 4 is 17.8 Å². The normalized spacial score (nSPS) is 22.6. The number of esters is 1. The van der Waals surface area contributed by atoms with E-state index in [1.54, 1.807) is 24.3 Å². The van der Waals surface area contributed by atoms with Crippen molar-refractivity contribution < 1.29 is 43.0 Å². The Morgan fingerprint density at radius 2 is 1.52 bits per heavy atom. The fourth-order valence-electron chi connectivity index (χ4n) is 5.85. The molecule has 11 nitrogen and oxygen atoms in total. The molecule has 238 valence electrons. The van der Waals surface area contributed by atoms with Gasteiger partial charge >= 0.3 is 5.97 Å². The lowest BCUT2D eigenvalue weighted by Crippen LogP contribution is -2.66. The van der Waals surface area contributed by atoms with Crippen molar-refractivity contribution in [3.8, 4) is 0 Å². The number of carbonyl (C=O) groups is 3. The van der Waals surface area contributed by atoms with Gasteiger partial charge in [0.1, 0.15) is 37.2 Å². The van der Waals surface area contributed by atoms with Crippen molar-refractivity contribution in [3.63, 3.8) is 0 Å². The molecule has 0 aliphatic carbocycles. The van der Waals surface area contributed by atoms with Crippen LogP contribution >= 0.6 is 0 Å². The number of imide groups is 1. The van der Waals surface area contributed by atoms with Gasteiger partial charge in [-0.2, -0.15) is 0 Å². The van der Waals surface area contributed by atoms with E-state index in [2.05, 4.69) is 4.57 Å². The summed E-state index contributed by atoms with van der Waals surface area (Å²) in [5.41, 5.74) is 3.25. The molecule has 6 rings (SSSR count). The third-order valence-electron chi connectivity index (χ3n) is 8.09. The number of aliphatic hydroxyl groups is 1. The average Bonchev–Trinajstić information content (AvgIpc) is 3.58. The fraction of sp³-hybridized carbons (Fsp3) is 0.314. The average molecular weight is 627 g/mol. The minimum atomic E-state index is -1.43. The summed E-state index contributed by atoms with van der Waals surface area (Å²) in [6, 6.07) is 22.5. The van der Waals surface area contributed by atoms with Crippen molar-refractivity contribution in [2.45, 2.75) is 57.3 Å². The Kier molecular flexibility index (Phi) is 9.36. The van der Waals surface area contributed by atoms with Crippen molar-refractivity contribution in [2.24, 2.45) is 7.05 Å². The van der Waals surface area contributed by atoms with Gasteiger partial charge in [0, 0.05) is 6.92 Å². The molecule has 4 aromatic rings. The molecule has 0 bridgehead atoms. The summed E-state index contributed by atoms with van der Waals surface area (Å²) in [6.45, 7) is 2.15. The molecular weight excluding hydrogens is 590 g/mol. The number of amides is 2. The lowest BCUT2D eigenvalue weighted by molar-refractivity contribution is -0.671. The van der Waals surface area contributed by atoms with Crippen molar-refractivity contribution in [2.75, 3.05) is 6.61 Å². The summed E-state index contributed by atoms with van der Waals surface area (Å²) in [5.74, 6) is -1.87. The highest BCUT2D eigenvalue weighted by molar-refractivity contribution is 6.21. The summed E-state index contributed by atoms with van der Waals surface area (Å²) in [5, 5.41) is 11.5. The van der Waals surface area contributed by atoms with E-state index in [0.29, 0.717) is 6.54 Å². The van der Waals surface area contributed by atoms with Crippen LogP contribution in [0.25, 0.3) is 0 Å². The number of benzene rings is 3.